The maximum atomic E-state index is 3.71. The third-order valence-corrected chi connectivity index (χ3v) is 8.37. The van der Waals surface area contributed by atoms with Crippen LogP contribution in [0.5, 0.6) is 0 Å². The standard InChI is InChI=1S/C20H43N.C16H35N/c1-3-5-7-9-11-13-15-17-19-21-20-18-16-14-12-10-8-6-4-2;1-5-9-11-15(7-3)13-17-14-16(8-4)12-10-6-2/h21H,3-20H2,1-2H3;15-17H,5-14H2,1-4H3. The predicted octanol–water partition coefficient (Wildman–Crippen LogP) is 11.9. The molecule has 2 atom stereocenters. The normalized spacial score (nSPS) is 12.8. The fourth-order valence-corrected chi connectivity index (χ4v) is 5.27. The Kier molecular flexibility index (Phi) is 38.9. The van der Waals surface area contributed by atoms with E-state index in [9.17, 15) is 0 Å². The van der Waals surface area contributed by atoms with Crippen molar-refractivity contribution in [3.63, 3.8) is 0 Å². The summed E-state index contributed by atoms with van der Waals surface area (Å²) in [5.41, 5.74) is 0. The monoisotopic (exact) mass is 539 g/mol. The Bertz CT molecular complexity index is 350. The van der Waals surface area contributed by atoms with Crippen LogP contribution in [0, 0.1) is 11.8 Å². The summed E-state index contributed by atoms with van der Waals surface area (Å²) in [6.07, 6.45) is 33.8. The fourth-order valence-electron chi connectivity index (χ4n) is 5.27. The summed E-state index contributed by atoms with van der Waals surface area (Å²) < 4.78 is 0. The van der Waals surface area contributed by atoms with Gasteiger partial charge in [-0.25, -0.2) is 0 Å². The molecule has 0 aromatic carbocycles. The Morgan fingerprint density at radius 2 is 0.658 bits per heavy atom. The van der Waals surface area contributed by atoms with Gasteiger partial charge < -0.3 is 10.6 Å². The van der Waals surface area contributed by atoms with Gasteiger partial charge in [0, 0.05) is 0 Å². The van der Waals surface area contributed by atoms with Gasteiger partial charge in [-0.1, -0.05) is 170 Å². The van der Waals surface area contributed by atoms with Crippen LogP contribution in [0.4, 0.5) is 0 Å². The van der Waals surface area contributed by atoms with E-state index in [0.29, 0.717) is 0 Å². The van der Waals surface area contributed by atoms with Gasteiger partial charge in [0.2, 0.25) is 0 Å². The lowest BCUT2D eigenvalue weighted by atomic mass is 9.97. The Morgan fingerprint density at radius 1 is 0.342 bits per heavy atom. The number of hydrogen-bond acceptors (Lipinski definition) is 2. The van der Waals surface area contributed by atoms with Gasteiger partial charge in [0.25, 0.3) is 0 Å². The molecule has 0 fully saturated rings. The van der Waals surface area contributed by atoms with Gasteiger partial charge in [-0.3, -0.25) is 0 Å². The first-order valence-electron chi connectivity index (χ1n) is 18.1. The highest BCUT2D eigenvalue weighted by Crippen LogP contribution is 2.14. The maximum Gasteiger partial charge on any atom is -0.00205 e. The lowest BCUT2D eigenvalue weighted by Crippen LogP contribution is -2.28. The van der Waals surface area contributed by atoms with Crippen LogP contribution in [0.15, 0.2) is 0 Å². The van der Waals surface area contributed by atoms with E-state index < -0.39 is 0 Å². The molecule has 2 unspecified atom stereocenters. The molecule has 2 nitrogen and oxygen atoms in total. The SMILES string of the molecule is CCCCC(CC)CNCC(CC)CCCC.CCCCCCCCCCNCCCCCCCCCC. The van der Waals surface area contributed by atoms with E-state index in [-0.39, 0.29) is 0 Å². The van der Waals surface area contributed by atoms with Crippen LogP contribution in [-0.4, -0.2) is 26.2 Å². The van der Waals surface area contributed by atoms with Crippen molar-refractivity contribution in [3.05, 3.63) is 0 Å². The zero-order chi connectivity index (χ0) is 28.4. The van der Waals surface area contributed by atoms with Crippen molar-refractivity contribution in [2.75, 3.05) is 26.2 Å². The summed E-state index contributed by atoms with van der Waals surface area (Å²) in [5.74, 6) is 1.80. The molecule has 0 saturated heterocycles. The molecule has 0 rings (SSSR count). The minimum atomic E-state index is 0.902. The molecule has 232 valence electrons. The second kappa shape index (κ2) is 36.9. The summed E-state index contributed by atoms with van der Waals surface area (Å²) >= 11 is 0. The average molecular weight is 539 g/mol. The number of unbranched alkanes of at least 4 members (excludes halogenated alkanes) is 16. The van der Waals surface area contributed by atoms with Crippen LogP contribution in [0.25, 0.3) is 0 Å². The highest BCUT2D eigenvalue weighted by molar-refractivity contribution is 4.65. The Morgan fingerprint density at radius 3 is 0.974 bits per heavy atom. The molecule has 0 aromatic heterocycles. The fraction of sp³-hybridized carbons (Fsp3) is 1.00. The summed E-state index contributed by atoms with van der Waals surface area (Å²) in [6, 6.07) is 0. The second-order valence-electron chi connectivity index (χ2n) is 12.2. The smallest absolute Gasteiger partial charge is 0.00205 e. The third kappa shape index (κ3) is 33.9. The Hall–Kier alpha value is -0.0800. The van der Waals surface area contributed by atoms with Crippen LogP contribution in [-0.2, 0) is 0 Å². The van der Waals surface area contributed by atoms with Gasteiger partial charge in [-0.15, -0.1) is 0 Å². The number of nitrogens with one attached hydrogen (secondary N) is 2. The minimum absolute atomic E-state index is 0.902. The molecule has 0 heterocycles. The molecule has 2 N–H and O–H groups in total. The topological polar surface area (TPSA) is 24.1 Å². The summed E-state index contributed by atoms with van der Waals surface area (Å²) in [4.78, 5) is 0. The molecule has 0 aromatic rings. The van der Waals surface area contributed by atoms with Crippen LogP contribution >= 0.6 is 0 Å². The average Bonchev–Trinajstić information content (AvgIpc) is 2.94. The molecule has 0 aliphatic rings. The molecule has 38 heavy (non-hydrogen) atoms. The van der Waals surface area contributed by atoms with E-state index in [0.717, 1.165) is 11.8 Å². The van der Waals surface area contributed by atoms with Gasteiger partial charge in [0.15, 0.2) is 0 Å². The molecule has 0 spiro atoms. The summed E-state index contributed by atoms with van der Waals surface area (Å²) in [7, 11) is 0. The van der Waals surface area contributed by atoms with E-state index in [1.807, 2.05) is 0 Å². The number of hydrogen-bond donors (Lipinski definition) is 2. The predicted molar refractivity (Wildman–Crippen MR) is 178 cm³/mol. The van der Waals surface area contributed by atoms with Crippen molar-refractivity contribution in [1.82, 2.24) is 10.6 Å². The van der Waals surface area contributed by atoms with E-state index in [2.05, 4.69) is 52.2 Å². The largest absolute Gasteiger partial charge is 0.317 e. The van der Waals surface area contributed by atoms with Gasteiger partial charge in [-0.05, 0) is 63.7 Å². The van der Waals surface area contributed by atoms with Gasteiger partial charge in [0.1, 0.15) is 0 Å². The molecule has 0 aliphatic heterocycles. The van der Waals surface area contributed by atoms with Crippen molar-refractivity contribution in [2.45, 2.75) is 196 Å². The molecular weight excluding hydrogens is 460 g/mol. The van der Waals surface area contributed by atoms with Gasteiger partial charge in [0.05, 0.1) is 0 Å². The van der Waals surface area contributed by atoms with E-state index in [1.165, 1.54) is 180 Å². The Balaban J connectivity index is 0. The highest BCUT2D eigenvalue weighted by atomic mass is 14.9. The van der Waals surface area contributed by atoms with Crippen molar-refractivity contribution >= 4 is 0 Å². The van der Waals surface area contributed by atoms with Crippen molar-refractivity contribution in [2.24, 2.45) is 11.8 Å². The van der Waals surface area contributed by atoms with Crippen molar-refractivity contribution < 1.29 is 0 Å². The first kappa shape index (κ1) is 40.1. The quantitative estimate of drug-likeness (QED) is 0.0888. The van der Waals surface area contributed by atoms with Crippen molar-refractivity contribution in [3.8, 4) is 0 Å². The highest BCUT2D eigenvalue weighted by Gasteiger charge is 2.08. The number of rotatable bonds is 30. The lowest BCUT2D eigenvalue weighted by molar-refractivity contribution is 0.372. The first-order valence-corrected chi connectivity index (χ1v) is 18.1. The van der Waals surface area contributed by atoms with Crippen molar-refractivity contribution in [1.29, 1.82) is 0 Å². The summed E-state index contributed by atoms with van der Waals surface area (Å²) in [5, 5.41) is 7.31. The molecular formula is C36H78N2. The summed E-state index contributed by atoms with van der Waals surface area (Å²) in [6.45, 7) is 18.8. The zero-order valence-corrected chi connectivity index (χ0v) is 28.0. The van der Waals surface area contributed by atoms with Crippen LogP contribution in [0.2, 0.25) is 0 Å². The van der Waals surface area contributed by atoms with E-state index in [1.54, 1.807) is 0 Å². The van der Waals surface area contributed by atoms with E-state index in [4.69, 9.17) is 0 Å². The molecule has 0 bridgehead atoms. The van der Waals surface area contributed by atoms with Gasteiger partial charge in [-0.2, -0.15) is 0 Å². The minimum Gasteiger partial charge on any atom is -0.317 e. The molecule has 0 saturated carbocycles. The van der Waals surface area contributed by atoms with E-state index >= 15 is 0 Å². The molecule has 0 amide bonds. The first-order chi connectivity index (χ1) is 18.7. The second-order valence-corrected chi connectivity index (χ2v) is 12.2. The Labute approximate surface area is 244 Å². The van der Waals surface area contributed by atoms with Gasteiger partial charge >= 0.3 is 0 Å². The van der Waals surface area contributed by atoms with Crippen LogP contribution < -0.4 is 10.6 Å². The lowest BCUT2D eigenvalue weighted by Gasteiger charge is -2.19. The third-order valence-electron chi connectivity index (χ3n) is 8.37. The zero-order valence-electron chi connectivity index (χ0n) is 28.0. The van der Waals surface area contributed by atoms with Crippen LogP contribution in [0.1, 0.15) is 196 Å². The van der Waals surface area contributed by atoms with Crippen LogP contribution in [0.3, 0.4) is 0 Å². The maximum absolute atomic E-state index is 3.71. The molecule has 0 radical (unpaired) electrons. The molecule has 0 aliphatic carbocycles. The molecule has 2 heteroatoms.